The number of hydrogen-bond acceptors (Lipinski definition) is 4. The van der Waals surface area contributed by atoms with Crippen LogP contribution in [0.2, 0.25) is 0 Å². The predicted molar refractivity (Wildman–Crippen MR) is 113 cm³/mol. The number of aryl methyl sites for hydroxylation is 1. The molecule has 1 aliphatic heterocycles. The maximum absolute atomic E-state index is 13.0. The van der Waals surface area contributed by atoms with Gasteiger partial charge in [0.25, 0.3) is 0 Å². The molecular weight excluding hydrogens is 428 g/mol. The second kappa shape index (κ2) is 10.1. The largest absolute Gasteiger partial charge is 0.433 e. The Morgan fingerprint density at radius 2 is 1.90 bits per heavy atom. The van der Waals surface area contributed by atoms with E-state index in [1.165, 1.54) is 28.6 Å². The molecule has 0 bridgehead atoms. The monoisotopic (exact) mass is 453 g/mol. The molecule has 1 atom stereocenters. The minimum Gasteiger partial charge on any atom is -0.433 e. The van der Waals surface area contributed by atoms with Gasteiger partial charge in [0.1, 0.15) is 10.6 Å². The second-order valence-electron chi connectivity index (χ2n) is 7.40. The van der Waals surface area contributed by atoms with Crippen molar-refractivity contribution in [3.8, 4) is 5.75 Å². The third kappa shape index (κ3) is 6.14. The van der Waals surface area contributed by atoms with Gasteiger partial charge in [-0.3, -0.25) is 0 Å². The van der Waals surface area contributed by atoms with E-state index in [4.69, 9.17) is 0 Å². The van der Waals surface area contributed by atoms with Crippen LogP contribution in [-0.4, -0.2) is 45.0 Å². The Morgan fingerprint density at radius 3 is 2.61 bits per heavy atom. The lowest BCUT2D eigenvalue weighted by atomic mass is 10.00. The Balaban J connectivity index is 1.61. The van der Waals surface area contributed by atoms with E-state index in [-0.39, 0.29) is 35.7 Å². The van der Waals surface area contributed by atoms with E-state index >= 15 is 0 Å². The highest BCUT2D eigenvalue weighted by atomic mass is 32.2. The number of urea groups is 1. The molecule has 2 amide bonds. The number of carbonyl (C=O) groups excluding carboxylic acids is 1. The summed E-state index contributed by atoms with van der Waals surface area (Å²) < 4.78 is 57.1. The molecule has 1 unspecified atom stereocenters. The Hall–Kier alpha value is -2.72. The maximum atomic E-state index is 13.0. The summed E-state index contributed by atoms with van der Waals surface area (Å²) in [6, 6.07) is 12.3. The van der Waals surface area contributed by atoms with Gasteiger partial charge in [0.2, 0.25) is 10.0 Å². The van der Waals surface area contributed by atoms with Gasteiger partial charge in [-0.2, -0.15) is 13.1 Å². The summed E-state index contributed by atoms with van der Waals surface area (Å²) in [5.41, 5.74) is 1.74. The van der Waals surface area contributed by atoms with Gasteiger partial charge < -0.3 is 15.4 Å². The first-order chi connectivity index (χ1) is 14.8. The average molecular weight is 454 g/mol. The third-order valence-electron chi connectivity index (χ3n) is 5.03. The summed E-state index contributed by atoms with van der Waals surface area (Å²) >= 11 is 0. The summed E-state index contributed by atoms with van der Waals surface area (Å²) in [5.74, 6) is -0.481. The van der Waals surface area contributed by atoms with Crippen LogP contribution in [-0.2, 0) is 10.0 Å². The SMILES string of the molecule is Cc1ccc(NC(=O)NCC2CCCN(S(=O)(=O)c3ccccc3OC(F)F)C2)cc1. The summed E-state index contributed by atoms with van der Waals surface area (Å²) in [4.78, 5) is 11.9. The van der Waals surface area contributed by atoms with E-state index in [0.29, 0.717) is 18.7 Å². The molecule has 1 heterocycles. The van der Waals surface area contributed by atoms with Crippen LogP contribution in [0.4, 0.5) is 19.3 Å². The first-order valence-electron chi connectivity index (χ1n) is 9.91. The highest BCUT2D eigenvalue weighted by molar-refractivity contribution is 7.89. The molecule has 3 rings (SSSR count). The lowest BCUT2D eigenvalue weighted by Crippen LogP contribution is -2.44. The molecule has 2 aromatic rings. The number of nitrogens with zero attached hydrogens (tertiary/aromatic N) is 1. The number of anilines is 1. The van der Waals surface area contributed by atoms with Crippen molar-refractivity contribution in [1.29, 1.82) is 0 Å². The van der Waals surface area contributed by atoms with Crippen LogP contribution in [0.3, 0.4) is 0 Å². The van der Waals surface area contributed by atoms with Crippen molar-refractivity contribution in [3.05, 3.63) is 54.1 Å². The Morgan fingerprint density at radius 1 is 1.19 bits per heavy atom. The number of sulfonamides is 1. The van der Waals surface area contributed by atoms with Crippen LogP contribution in [0.1, 0.15) is 18.4 Å². The summed E-state index contributed by atoms with van der Waals surface area (Å²) in [7, 11) is -4.02. The van der Waals surface area contributed by atoms with Gasteiger partial charge in [-0.15, -0.1) is 0 Å². The average Bonchev–Trinajstić information content (AvgIpc) is 2.74. The summed E-state index contributed by atoms with van der Waals surface area (Å²) in [6.45, 7) is -0.432. The minimum atomic E-state index is -4.02. The number of amides is 2. The molecule has 10 heteroatoms. The van der Waals surface area contributed by atoms with Crippen molar-refractivity contribution >= 4 is 21.7 Å². The first-order valence-corrected chi connectivity index (χ1v) is 11.3. The van der Waals surface area contributed by atoms with E-state index in [2.05, 4.69) is 15.4 Å². The van der Waals surface area contributed by atoms with Gasteiger partial charge in [-0.05, 0) is 49.9 Å². The number of alkyl halides is 2. The zero-order valence-corrected chi connectivity index (χ0v) is 17.9. The number of nitrogens with one attached hydrogen (secondary N) is 2. The van der Waals surface area contributed by atoms with Gasteiger partial charge in [-0.1, -0.05) is 29.8 Å². The fourth-order valence-electron chi connectivity index (χ4n) is 3.46. The molecule has 0 aliphatic carbocycles. The first kappa shape index (κ1) is 23.0. The van der Waals surface area contributed by atoms with E-state index in [1.54, 1.807) is 12.1 Å². The minimum absolute atomic E-state index is 0.101. The normalized spacial score (nSPS) is 17.4. The Labute approximate surface area is 180 Å². The third-order valence-corrected chi connectivity index (χ3v) is 6.93. The van der Waals surface area contributed by atoms with E-state index in [0.717, 1.165) is 12.0 Å². The van der Waals surface area contributed by atoms with Gasteiger partial charge in [0, 0.05) is 25.3 Å². The molecule has 1 aliphatic rings. The number of benzene rings is 2. The topological polar surface area (TPSA) is 87.7 Å². The molecule has 0 saturated carbocycles. The van der Waals surface area contributed by atoms with Crippen LogP contribution in [0.25, 0.3) is 0 Å². The van der Waals surface area contributed by atoms with Crippen LogP contribution >= 0.6 is 0 Å². The smallest absolute Gasteiger partial charge is 0.387 e. The number of halogens is 2. The van der Waals surface area contributed by atoms with Gasteiger partial charge in [0.15, 0.2) is 0 Å². The molecule has 0 spiro atoms. The van der Waals surface area contributed by atoms with Crippen LogP contribution in [0.5, 0.6) is 5.75 Å². The predicted octanol–water partition coefficient (Wildman–Crippen LogP) is 3.82. The Bertz CT molecular complexity index is 1000. The van der Waals surface area contributed by atoms with Crippen LogP contribution in [0.15, 0.2) is 53.4 Å². The van der Waals surface area contributed by atoms with Crippen molar-refractivity contribution < 1.29 is 26.7 Å². The second-order valence-corrected chi connectivity index (χ2v) is 9.30. The molecule has 0 radical (unpaired) electrons. The van der Waals surface area contributed by atoms with E-state index in [9.17, 15) is 22.0 Å². The zero-order chi connectivity index (χ0) is 22.4. The lowest BCUT2D eigenvalue weighted by molar-refractivity contribution is -0.0518. The van der Waals surface area contributed by atoms with Crippen molar-refractivity contribution in [3.63, 3.8) is 0 Å². The number of carbonyl (C=O) groups is 1. The highest BCUT2D eigenvalue weighted by Gasteiger charge is 2.32. The Kier molecular flexibility index (Phi) is 7.45. The zero-order valence-electron chi connectivity index (χ0n) is 17.1. The summed E-state index contributed by atoms with van der Waals surface area (Å²) in [5, 5.41) is 5.50. The number of hydrogen-bond donors (Lipinski definition) is 2. The highest BCUT2D eigenvalue weighted by Crippen LogP contribution is 2.30. The number of piperidine rings is 1. The van der Waals surface area contributed by atoms with E-state index in [1.807, 2.05) is 19.1 Å². The molecule has 168 valence electrons. The maximum Gasteiger partial charge on any atom is 0.387 e. The van der Waals surface area contributed by atoms with Gasteiger partial charge in [-0.25, -0.2) is 13.2 Å². The summed E-state index contributed by atoms with van der Waals surface area (Å²) in [6.07, 6.45) is 1.34. The van der Waals surface area contributed by atoms with Crippen molar-refractivity contribution in [1.82, 2.24) is 9.62 Å². The lowest BCUT2D eigenvalue weighted by Gasteiger charge is -2.32. The molecule has 1 fully saturated rings. The van der Waals surface area contributed by atoms with Crippen molar-refractivity contribution in [2.45, 2.75) is 31.3 Å². The molecular formula is C21H25F2N3O4S. The molecule has 31 heavy (non-hydrogen) atoms. The van der Waals surface area contributed by atoms with E-state index < -0.39 is 16.6 Å². The molecule has 2 N–H and O–H groups in total. The number of ether oxygens (including phenoxy) is 1. The quantitative estimate of drug-likeness (QED) is 0.667. The number of para-hydroxylation sites is 1. The van der Waals surface area contributed by atoms with Crippen LogP contribution < -0.4 is 15.4 Å². The molecule has 0 aromatic heterocycles. The van der Waals surface area contributed by atoms with Gasteiger partial charge in [0.05, 0.1) is 0 Å². The van der Waals surface area contributed by atoms with Gasteiger partial charge >= 0.3 is 12.6 Å². The van der Waals surface area contributed by atoms with Crippen LogP contribution in [0, 0.1) is 12.8 Å². The standard InChI is InChI=1S/C21H25F2N3O4S/c1-15-8-10-17(11-9-15)25-21(27)24-13-16-5-4-12-26(14-16)31(28,29)19-7-3-2-6-18(19)30-20(22)23/h2-3,6-11,16,20H,4-5,12-14H2,1H3,(H2,24,25,27). The van der Waals surface area contributed by atoms with Crippen molar-refractivity contribution in [2.24, 2.45) is 5.92 Å². The number of rotatable bonds is 7. The molecule has 2 aromatic carbocycles. The molecule has 7 nitrogen and oxygen atoms in total. The fraction of sp³-hybridized carbons (Fsp3) is 0.381. The van der Waals surface area contributed by atoms with Crippen molar-refractivity contribution in [2.75, 3.05) is 25.0 Å². The fourth-order valence-corrected chi connectivity index (χ4v) is 5.13. The molecule has 1 saturated heterocycles.